The standard InChI is InChI=1S/C18H25N3O2/c22-18(14-4-7-23-8-5-14)21-11-15-9-20(10-16(15)12-21)13-17-3-1-2-6-19-17/h1-3,6,14-16H,4-5,7-13H2. The van der Waals surface area contributed by atoms with E-state index in [-0.39, 0.29) is 5.92 Å². The molecule has 2 atom stereocenters. The number of hydrogen-bond acceptors (Lipinski definition) is 4. The Bertz CT molecular complexity index is 530. The number of pyridine rings is 1. The minimum atomic E-state index is 0.201. The van der Waals surface area contributed by atoms with Gasteiger partial charge in [0.15, 0.2) is 0 Å². The van der Waals surface area contributed by atoms with E-state index in [1.54, 1.807) is 0 Å². The predicted molar refractivity (Wildman–Crippen MR) is 86.6 cm³/mol. The van der Waals surface area contributed by atoms with Crippen LogP contribution in [0.4, 0.5) is 0 Å². The number of nitrogens with zero attached hydrogens (tertiary/aromatic N) is 3. The molecule has 0 aliphatic carbocycles. The minimum Gasteiger partial charge on any atom is -0.381 e. The summed E-state index contributed by atoms with van der Waals surface area (Å²) in [7, 11) is 0. The molecule has 3 fully saturated rings. The van der Waals surface area contributed by atoms with Gasteiger partial charge in [-0.25, -0.2) is 0 Å². The largest absolute Gasteiger partial charge is 0.381 e. The van der Waals surface area contributed by atoms with Crippen LogP contribution in [-0.2, 0) is 16.1 Å². The molecule has 4 rings (SSSR count). The Morgan fingerprint density at radius 1 is 1.13 bits per heavy atom. The smallest absolute Gasteiger partial charge is 0.225 e. The van der Waals surface area contributed by atoms with Crippen molar-refractivity contribution in [3.05, 3.63) is 30.1 Å². The van der Waals surface area contributed by atoms with Gasteiger partial charge in [-0.1, -0.05) is 6.07 Å². The van der Waals surface area contributed by atoms with Crippen LogP contribution in [0.3, 0.4) is 0 Å². The lowest BCUT2D eigenvalue weighted by atomic mass is 9.99. The summed E-state index contributed by atoms with van der Waals surface area (Å²) in [5.74, 6) is 1.86. The molecular formula is C18H25N3O2. The highest BCUT2D eigenvalue weighted by Gasteiger charge is 2.42. The van der Waals surface area contributed by atoms with Crippen LogP contribution in [0.25, 0.3) is 0 Å². The number of rotatable bonds is 3. The number of aromatic nitrogens is 1. The first kappa shape index (κ1) is 15.1. The van der Waals surface area contributed by atoms with Gasteiger partial charge in [0, 0.05) is 58.1 Å². The Labute approximate surface area is 137 Å². The Balaban J connectivity index is 1.30. The zero-order valence-electron chi connectivity index (χ0n) is 13.6. The molecule has 1 aromatic rings. The Morgan fingerprint density at radius 3 is 2.52 bits per heavy atom. The summed E-state index contributed by atoms with van der Waals surface area (Å²) in [6.45, 7) is 6.50. The second kappa shape index (κ2) is 6.57. The fourth-order valence-corrected chi connectivity index (χ4v) is 4.32. The molecule has 2 unspecified atom stereocenters. The zero-order chi connectivity index (χ0) is 15.6. The van der Waals surface area contributed by atoms with E-state index in [4.69, 9.17) is 4.74 Å². The molecule has 5 nitrogen and oxygen atoms in total. The first-order chi connectivity index (χ1) is 11.3. The molecule has 3 aliphatic heterocycles. The molecule has 0 bridgehead atoms. The maximum Gasteiger partial charge on any atom is 0.225 e. The highest BCUT2D eigenvalue weighted by molar-refractivity contribution is 5.79. The summed E-state index contributed by atoms with van der Waals surface area (Å²) in [5.41, 5.74) is 1.14. The lowest BCUT2D eigenvalue weighted by Gasteiger charge is -2.27. The van der Waals surface area contributed by atoms with Crippen molar-refractivity contribution in [3.8, 4) is 0 Å². The van der Waals surface area contributed by atoms with Crippen LogP contribution < -0.4 is 0 Å². The van der Waals surface area contributed by atoms with E-state index < -0.39 is 0 Å². The van der Waals surface area contributed by atoms with Crippen LogP contribution >= 0.6 is 0 Å². The molecule has 0 N–H and O–H groups in total. The van der Waals surface area contributed by atoms with Gasteiger partial charge in [-0.05, 0) is 36.8 Å². The molecule has 5 heteroatoms. The Hall–Kier alpha value is -1.46. The molecule has 0 radical (unpaired) electrons. The number of likely N-dealkylation sites (tertiary alicyclic amines) is 2. The van der Waals surface area contributed by atoms with Crippen molar-refractivity contribution in [1.29, 1.82) is 0 Å². The molecule has 1 amide bonds. The van der Waals surface area contributed by atoms with Crippen molar-refractivity contribution in [2.24, 2.45) is 17.8 Å². The van der Waals surface area contributed by atoms with Gasteiger partial charge in [0.05, 0.1) is 5.69 Å². The van der Waals surface area contributed by atoms with E-state index in [0.717, 1.165) is 64.5 Å². The van der Waals surface area contributed by atoms with E-state index in [2.05, 4.69) is 20.9 Å². The molecular weight excluding hydrogens is 290 g/mol. The first-order valence-corrected chi connectivity index (χ1v) is 8.78. The van der Waals surface area contributed by atoms with Crippen LogP contribution in [0, 0.1) is 17.8 Å². The van der Waals surface area contributed by atoms with E-state index in [0.29, 0.717) is 17.7 Å². The van der Waals surface area contributed by atoms with Gasteiger partial charge in [0.25, 0.3) is 0 Å². The van der Waals surface area contributed by atoms with E-state index in [9.17, 15) is 4.79 Å². The van der Waals surface area contributed by atoms with Crippen LogP contribution in [0.2, 0.25) is 0 Å². The summed E-state index contributed by atoms with van der Waals surface area (Å²) in [4.78, 5) is 21.7. The Morgan fingerprint density at radius 2 is 1.87 bits per heavy atom. The van der Waals surface area contributed by atoms with Gasteiger partial charge in [-0.2, -0.15) is 0 Å². The van der Waals surface area contributed by atoms with Crippen molar-refractivity contribution in [3.63, 3.8) is 0 Å². The molecule has 0 aromatic carbocycles. The van der Waals surface area contributed by atoms with E-state index in [1.165, 1.54) is 0 Å². The van der Waals surface area contributed by atoms with Crippen LogP contribution in [0.1, 0.15) is 18.5 Å². The summed E-state index contributed by atoms with van der Waals surface area (Å²) in [6.07, 6.45) is 3.66. The molecule has 3 saturated heterocycles. The lowest BCUT2D eigenvalue weighted by molar-refractivity contribution is -0.137. The number of fused-ring (bicyclic) bond motifs is 1. The predicted octanol–water partition coefficient (Wildman–Crippen LogP) is 1.40. The summed E-state index contributed by atoms with van der Waals surface area (Å²) >= 11 is 0. The third-order valence-electron chi connectivity index (χ3n) is 5.56. The quantitative estimate of drug-likeness (QED) is 0.846. The van der Waals surface area contributed by atoms with Gasteiger partial charge < -0.3 is 9.64 Å². The second-order valence-corrected chi connectivity index (χ2v) is 7.17. The molecule has 4 heterocycles. The third-order valence-corrected chi connectivity index (χ3v) is 5.56. The van der Waals surface area contributed by atoms with Gasteiger partial charge in [-0.3, -0.25) is 14.7 Å². The topological polar surface area (TPSA) is 45.7 Å². The van der Waals surface area contributed by atoms with E-state index >= 15 is 0 Å². The van der Waals surface area contributed by atoms with Crippen molar-refractivity contribution < 1.29 is 9.53 Å². The average Bonchev–Trinajstić information content (AvgIpc) is 3.14. The average molecular weight is 315 g/mol. The van der Waals surface area contributed by atoms with Crippen molar-refractivity contribution in [2.45, 2.75) is 19.4 Å². The van der Waals surface area contributed by atoms with Gasteiger partial charge in [0.2, 0.25) is 5.91 Å². The number of amides is 1. The number of carbonyl (C=O) groups is 1. The highest BCUT2D eigenvalue weighted by Crippen LogP contribution is 2.33. The minimum absolute atomic E-state index is 0.201. The Kier molecular flexibility index (Phi) is 4.31. The maximum absolute atomic E-state index is 12.7. The van der Waals surface area contributed by atoms with Gasteiger partial charge in [-0.15, -0.1) is 0 Å². The summed E-state index contributed by atoms with van der Waals surface area (Å²) < 4.78 is 5.37. The van der Waals surface area contributed by atoms with Gasteiger partial charge in [0.1, 0.15) is 0 Å². The molecule has 1 aromatic heterocycles. The fourth-order valence-electron chi connectivity index (χ4n) is 4.32. The number of ether oxygens (including phenoxy) is 1. The van der Waals surface area contributed by atoms with Crippen molar-refractivity contribution >= 4 is 5.91 Å². The normalized spacial score (nSPS) is 29.0. The molecule has 3 aliphatic rings. The molecule has 124 valence electrons. The van der Waals surface area contributed by atoms with E-state index in [1.807, 2.05) is 18.3 Å². The molecule has 0 saturated carbocycles. The molecule has 0 spiro atoms. The zero-order valence-corrected chi connectivity index (χ0v) is 13.6. The number of hydrogen-bond donors (Lipinski definition) is 0. The summed E-state index contributed by atoms with van der Waals surface area (Å²) in [5, 5.41) is 0. The summed E-state index contributed by atoms with van der Waals surface area (Å²) in [6, 6.07) is 6.10. The van der Waals surface area contributed by atoms with Crippen molar-refractivity contribution in [1.82, 2.24) is 14.8 Å². The number of carbonyl (C=O) groups excluding carboxylic acids is 1. The second-order valence-electron chi connectivity index (χ2n) is 7.17. The van der Waals surface area contributed by atoms with Crippen LogP contribution in [0.5, 0.6) is 0 Å². The first-order valence-electron chi connectivity index (χ1n) is 8.78. The lowest BCUT2D eigenvalue weighted by Crippen LogP contribution is -2.39. The molecule has 23 heavy (non-hydrogen) atoms. The van der Waals surface area contributed by atoms with Crippen molar-refractivity contribution in [2.75, 3.05) is 39.4 Å². The SMILES string of the molecule is O=C(C1CCOCC1)N1CC2CN(Cc3ccccn3)CC2C1. The third kappa shape index (κ3) is 3.26. The van der Waals surface area contributed by atoms with Crippen LogP contribution in [-0.4, -0.2) is 60.1 Å². The monoisotopic (exact) mass is 315 g/mol. The maximum atomic E-state index is 12.7. The van der Waals surface area contributed by atoms with Gasteiger partial charge >= 0.3 is 0 Å². The fraction of sp³-hybridized carbons (Fsp3) is 0.667. The highest BCUT2D eigenvalue weighted by atomic mass is 16.5. The van der Waals surface area contributed by atoms with Crippen LogP contribution in [0.15, 0.2) is 24.4 Å².